The van der Waals surface area contributed by atoms with Crippen molar-refractivity contribution >= 4 is 34.8 Å². The van der Waals surface area contributed by atoms with Crippen molar-refractivity contribution in [2.24, 2.45) is 0 Å². The van der Waals surface area contributed by atoms with Gasteiger partial charge in [0.1, 0.15) is 0 Å². The van der Waals surface area contributed by atoms with Gasteiger partial charge < -0.3 is 5.32 Å². The van der Waals surface area contributed by atoms with Crippen LogP contribution in [0.2, 0.25) is 10.0 Å². The monoisotopic (exact) mass is 339 g/mol. The van der Waals surface area contributed by atoms with Gasteiger partial charge in [0, 0.05) is 17.1 Å². The van der Waals surface area contributed by atoms with Crippen LogP contribution in [0, 0.1) is 20.8 Å². The summed E-state index contributed by atoms with van der Waals surface area (Å²) in [7, 11) is 0. The number of benzene rings is 1. The normalized spacial score (nSPS) is 12.3. The number of aromatic nitrogens is 2. The zero-order valence-electron chi connectivity index (χ0n) is 13.1. The molecule has 0 spiro atoms. The molecule has 4 nitrogen and oxygen atoms in total. The largest absolute Gasteiger partial charge is 0.326 e. The van der Waals surface area contributed by atoms with Crippen LogP contribution >= 0.6 is 23.2 Å². The number of hydrogen-bond donors (Lipinski definition) is 1. The first-order valence-corrected chi connectivity index (χ1v) is 7.82. The lowest BCUT2D eigenvalue weighted by Gasteiger charge is -2.15. The summed E-state index contributed by atoms with van der Waals surface area (Å²) >= 11 is 12.1. The van der Waals surface area contributed by atoms with E-state index in [9.17, 15) is 4.79 Å². The minimum Gasteiger partial charge on any atom is -0.326 e. The van der Waals surface area contributed by atoms with E-state index >= 15 is 0 Å². The van der Waals surface area contributed by atoms with Gasteiger partial charge >= 0.3 is 0 Å². The lowest BCUT2D eigenvalue weighted by atomic mass is 10.1. The van der Waals surface area contributed by atoms with Crippen LogP contribution in [0.15, 0.2) is 18.2 Å². The number of halogens is 2. The highest BCUT2D eigenvalue weighted by atomic mass is 35.5. The maximum absolute atomic E-state index is 12.2. The summed E-state index contributed by atoms with van der Waals surface area (Å²) in [4.78, 5) is 12.2. The quantitative estimate of drug-likeness (QED) is 0.876. The average Bonchev–Trinajstić information content (AvgIpc) is 2.70. The second-order valence-electron chi connectivity index (χ2n) is 5.49. The Balaban J connectivity index is 2.08. The van der Waals surface area contributed by atoms with Crippen molar-refractivity contribution in [2.75, 3.05) is 5.32 Å². The molecule has 1 heterocycles. The third-order valence-corrected chi connectivity index (χ3v) is 4.39. The van der Waals surface area contributed by atoms with E-state index in [0.717, 1.165) is 22.6 Å². The second kappa shape index (κ2) is 6.71. The molecule has 1 N–H and O–H groups in total. The zero-order valence-corrected chi connectivity index (χ0v) is 14.6. The number of carbonyl (C=O) groups is 1. The van der Waals surface area contributed by atoms with E-state index in [0.29, 0.717) is 16.5 Å². The summed E-state index contributed by atoms with van der Waals surface area (Å²) in [5.74, 6) is -0.0819. The molecule has 0 fully saturated rings. The van der Waals surface area contributed by atoms with Crippen molar-refractivity contribution in [3.63, 3.8) is 0 Å². The first kappa shape index (κ1) is 16.8. The molecule has 1 atom stereocenters. The summed E-state index contributed by atoms with van der Waals surface area (Å²) in [6.07, 6.45) is 0.310. The van der Waals surface area contributed by atoms with Crippen molar-refractivity contribution in [1.82, 2.24) is 9.78 Å². The van der Waals surface area contributed by atoms with Gasteiger partial charge in [-0.05, 0) is 45.4 Å². The van der Waals surface area contributed by atoms with Crippen LogP contribution in [0.25, 0.3) is 0 Å². The van der Waals surface area contributed by atoms with E-state index in [1.54, 1.807) is 16.8 Å². The van der Waals surface area contributed by atoms with Gasteiger partial charge in [0.25, 0.3) is 0 Å². The molecule has 2 aromatic rings. The summed E-state index contributed by atoms with van der Waals surface area (Å²) in [6, 6.07) is 5.35. The van der Waals surface area contributed by atoms with Gasteiger partial charge in [0.2, 0.25) is 5.91 Å². The third-order valence-electron chi connectivity index (χ3n) is 3.61. The molecule has 0 saturated heterocycles. The molecule has 1 amide bonds. The molecule has 2 rings (SSSR count). The number of carbonyl (C=O) groups excluding carboxylic acids is 1. The Bertz CT molecular complexity index is 710. The van der Waals surface area contributed by atoms with Gasteiger partial charge in [0.05, 0.1) is 22.5 Å². The van der Waals surface area contributed by atoms with Crippen LogP contribution < -0.4 is 5.32 Å². The van der Waals surface area contributed by atoms with Gasteiger partial charge in [0.15, 0.2) is 0 Å². The molecule has 1 aromatic carbocycles. The smallest absolute Gasteiger partial charge is 0.226 e. The average molecular weight is 340 g/mol. The van der Waals surface area contributed by atoms with Gasteiger partial charge in [-0.15, -0.1) is 0 Å². The molecule has 0 bridgehead atoms. The highest BCUT2D eigenvalue weighted by Gasteiger charge is 2.17. The van der Waals surface area contributed by atoms with Crippen molar-refractivity contribution in [2.45, 2.75) is 40.2 Å². The first-order valence-electron chi connectivity index (χ1n) is 7.06. The van der Waals surface area contributed by atoms with Crippen LogP contribution in [-0.2, 0) is 4.79 Å². The maximum Gasteiger partial charge on any atom is 0.226 e. The van der Waals surface area contributed by atoms with Crippen LogP contribution in [0.3, 0.4) is 0 Å². The standard InChI is InChI=1S/C16H19Cl2N3O/c1-9-5-6-13(17)8-14(9)19-15(22)7-10(2)21-12(4)16(18)11(3)20-21/h5-6,8,10H,7H2,1-4H3,(H,19,22)/t10-/m0/s1. The SMILES string of the molecule is Cc1ccc(Cl)cc1NC(=O)C[C@H](C)n1nc(C)c(Cl)c1C. The van der Waals surface area contributed by atoms with Crippen LogP contribution in [0.5, 0.6) is 0 Å². The van der Waals surface area contributed by atoms with Gasteiger partial charge in [-0.2, -0.15) is 5.10 Å². The topological polar surface area (TPSA) is 46.9 Å². The van der Waals surface area contributed by atoms with Crippen molar-refractivity contribution in [3.05, 3.63) is 45.2 Å². The minimum atomic E-state index is -0.0819. The fourth-order valence-corrected chi connectivity index (χ4v) is 2.65. The molecule has 0 aliphatic rings. The molecule has 0 radical (unpaired) electrons. The van der Waals surface area contributed by atoms with Crippen LogP contribution in [0.1, 0.15) is 36.3 Å². The third kappa shape index (κ3) is 3.62. The molecular weight excluding hydrogens is 321 g/mol. The fourth-order valence-electron chi connectivity index (χ4n) is 2.36. The molecular formula is C16H19Cl2N3O. The Morgan fingerprint density at radius 1 is 1.32 bits per heavy atom. The molecule has 0 saturated carbocycles. The summed E-state index contributed by atoms with van der Waals surface area (Å²) in [5.41, 5.74) is 3.35. The summed E-state index contributed by atoms with van der Waals surface area (Å²) in [6.45, 7) is 7.63. The van der Waals surface area contributed by atoms with E-state index in [2.05, 4.69) is 10.4 Å². The molecule has 1 aromatic heterocycles. The molecule has 118 valence electrons. The lowest BCUT2D eigenvalue weighted by Crippen LogP contribution is -2.19. The Hall–Kier alpha value is -1.52. The highest BCUT2D eigenvalue weighted by Crippen LogP contribution is 2.24. The van der Waals surface area contributed by atoms with Crippen molar-refractivity contribution in [1.29, 1.82) is 0 Å². The number of anilines is 1. The van der Waals surface area contributed by atoms with E-state index in [1.165, 1.54) is 0 Å². The zero-order chi connectivity index (χ0) is 16.4. The number of amides is 1. The Morgan fingerprint density at radius 2 is 2.00 bits per heavy atom. The Morgan fingerprint density at radius 3 is 2.59 bits per heavy atom. The van der Waals surface area contributed by atoms with Crippen molar-refractivity contribution in [3.8, 4) is 0 Å². The molecule has 0 unspecified atom stereocenters. The molecule has 22 heavy (non-hydrogen) atoms. The number of nitrogens with one attached hydrogen (secondary N) is 1. The predicted octanol–water partition coefficient (Wildman–Crippen LogP) is 4.70. The van der Waals surface area contributed by atoms with E-state index < -0.39 is 0 Å². The van der Waals surface area contributed by atoms with Crippen molar-refractivity contribution < 1.29 is 4.79 Å². The minimum absolute atomic E-state index is 0.0781. The van der Waals surface area contributed by atoms with Gasteiger partial charge in [-0.25, -0.2) is 0 Å². The van der Waals surface area contributed by atoms with Crippen LogP contribution in [0.4, 0.5) is 5.69 Å². The molecule has 6 heteroatoms. The summed E-state index contributed by atoms with van der Waals surface area (Å²) in [5, 5.41) is 8.53. The van der Waals surface area contributed by atoms with Gasteiger partial charge in [-0.1, -0.05) is 29.3 Å². The lowest BCUT2D eigenvalue weighted by molar-refractivity contribution is -0.116. The number of nitrogens with zero attached hydrogens (tertiary/aromatic N) is 2. The highest BCUT2D eigenvalue weighted by molar-refractivity contribution is 6.31. The van der Waals surface area contributed by atoms with E-state index in [-0.39, 0.29) is 11.9 Å². The maximum atomic E-state index is 12.2. The predicted molar refractivity (Wildman–Crippen MR) is 90.9 cm³/mol. The molecule has 0 aliphatic carbocycles. The number of rotatable bonds is 4. The fraction of sp³-hybridized carbons (Fsp3) is 0.375. The molecule has 0 aliphatic heterocycles. The Kier molecular flexibility index (Phi) is 5.14. The summed E-state index contributed by atoms with van der Waals surface area (Å²) < 4.78 is 1.79. The Labute approximate surface area is 140 Å². The number of hydrogen-bond acceptors (Lipinski definition) is 2. The van der Waals surface area contributed by atoms with E-state index in [1.807, 2.05) is 33.8 Å². The van der Waals surface area contributed by atoms with Crippen LogP contribution in [-0.4, -0.2) is 15.7 Å². The number of aryl methyl sites for hydroxylation is 2. The van der Waals surface area contributed by atoms with Gasteiger partial charge in [-0.3, -0.25) is 9.48 Å². The first-order chi connectivity index (χ1) is 10.3. The van der Waals surface area contributed by atoms with E-state index in [4.69, 9.17) is 23.2 Å². The second-order valence-corrected chi connectivity index (χ2v) is 6.30.